The molecule has 2 aromatic heterocycles. The molecule has 0 fully saturated rings. The average Bonchev–Trinajstić information content (AvgIpc) is 2.82. The number of methoxy groups -OCH3 is 1. The predicted molar refractivity (Wildman–Crippen MR) is 128 cm³/mol. The lowest BCUT2D eigenvalue weighted by molar-refractivity contribution is 0.354. The highest BCUT2D eigenvalue weighted by Crippen LogP contribution is 2.49. The molecule has 1 aromatic carbocycles. The summed E-state index contributed by atoms with van der Waals surface area (Å²) in [4.78, 5) is 56.8. The molecule has 0 saturated carbocycles. The van der Waals surface area contributed by atoms with Gasteiger partial charge in [0.15, 0.2) is 11.5 Å². The molecule has 3 aromatic rings. The Hall–Kier alpha value is -4.02. The molecule has 186 valence electrons. The summed E-state index contributed by atoms with van der Waals surface area (Å²) in [5, 5.41) is 11.2. The highest BCUT2D eigenvalue weighted by Gasteiger charge is 2.38. The molecule has 0 unspecified atom stereocenters. The number of ether oxygens (including phenoxy) is 2. The van der Waals surface area contributed by atoms with E-state index in [0.29, 0.717) is 24.2 Å². The van der Waals surface area contributed by atoms with Crippen LogP contribution in [-0.2, 0) is 13.1 Å². The molecule has 0 aliphatic carbocycles. The number of aromatic amines is 2. The molecule has 35 heavy (non-hydrogen) atoms. The zero-order valence-electron chi connectivity index (χ0n) is 19.8. The zero-order valence-corrected chi connectivity index (χ0v) is 19.8. The average molecular weight is 485 g/mol. The van der Waals surface area contributed by atoms with Crippen molar-refractivity contribution in [2.24, 2.45) is 0 Å². The standard InChI is InChI=1S/C24H28N4O7/c1-4-6-11-27-21(30)16(19(29)25-23(27)32)15-13-9-8-10-14(34-3)18(13)35-20-17(15)22(31)28(12-7-5-2)24(33)26-20/h8-10,15,30H,4-7,11-12H2,1-3H3,(H,26,33)(H,25,29,32)/t15-/m0/s1. The third-order valence-corrected chi connectivity index (χ3v) is 6.18. The minimum atomic E-state index is -1.13. The van der Waals surface area contributed by atoms with Gasteiger partial charge in [-0.2, -0.15) is 0 Å². The zero-order chi connectivity index (χ0) is 25.3. The highest BCUT2D eigenvalue weighted by atomic mass is 16.5. The van der Waals surface area contributed by atoms with Crippen molar-refractivity contribution in [2.75, 3.05) is 7.11 Å². The van der Waals surface area contributed by atoms with Gasteiger partial charge in [0.25, 0.3) is 11.1 Å². The van der Waals surface area contributed by atoms with Crippen LogP contribution in [0.5, 0.6) is 23.3 Å². The van der Waals surface area contributed by atoms with Crippen molar-refractivity contribution >= 4 is 0 Å². The van der Waals surface area contributed by atoms with Crippen LogP contribution in [0.3, 0.4) is 0 Å². The van der Waals surface area contributed by atoms with Gasteiger partial charge in [0.2, 0.25) is 11.8 Å². The Morgan fingerprint density at radius 3 is 2.29 bits per heavy atom. The quantitative estimate of drug-likeness (QED) is 0.346. The Balaban J connectivity index is 2.09. The van der Waals surface area contributed by atoms with Gasteiger partial charge in [-0.1, -0.05) is 38.8 Å². The van der Waals surface area contributed by atoms with Gasteiger partial charge in [-0.15, -0.1) is 0 Å². The van der Waals surface area contributed by atoms with Gasteiger partial charge < -0.3 is 14.6 Å². The molecule has 3 heterocycles. The fourth-order valence-corrected chi connectivity index (χ4v) is 4.37. The summed E-state index contributed by atoms with van der Waals surface area (Å²) in [6.45, 7) is 4.22. The van der Waals surface area contributed by atoms with Crippen molar-refractivity contribution in [1.29, 1.82) is 0 Å². The number of hydrogen-bond donors (Lipinski definition) is 3. The van der Waals surface area contributed by atoms with E-state index in [4.69, 9.17) is 9.47 Å². The number of rotatable bonds is 8. The minimum Gasteiger partial charge on any atom is -0.494 e. The summed E-state index contributed by atoms with van der Waals surface area (Å²) in [6, 6.07) is 4.94. The van der Waals surface area contributed by atoms with Crippen molar-refractivity contribution in [2.45, 2.75) is 58.5 Å². The number of fused-ring (bicyclic) bond motifs is 2. The second kappa shape index (κ2) is 9.69. The molecule has 1 aliphatic heterocycles. The van der Waals surface area contributed by atoms with E-state index in [-0.39, 0.29) is 35.8 Å². The van der Waals surface area contributed by atoms with Crippen LogP contribution in [0.1, 0.15) is 62.1 Å². The predicted octanol–water partition coefficient (Wildman–Crippen LogP) is 1.99. The Bertz CT molecular complexity index is 1490. The number of aromatic hydroxyl groups is 1. The Morgan fingerprint density at radius 2 is 1.63 bits per heavy atom. The third-order valence-electron chi connectivity index (χ3n) is 6.18. The van der Waals surface area contributed by atoms with Crippen LogP contribution in [0.4, 0.5) is 0 Å². The molecule has 0 bridgehead atoms. The second-order valence-corrected chi connectivity index (χ2v) is 8.40. The number of unbranched alkanes of at least 4 members (excludes halogenated alkanes) is 2. The van der Waals surface area contributed by atoms with E-state index in [2.05, 4.69) is 9.97 Å². The fraction of sp³-hybridized carbons (Fsp3) is 0.417. The van der Waals surface area contributed by atoms with Crippen molar-refractivity contribution in [3.05, 3.63) is 76.6 Å². The number of benzene rings is 1. The maximum absolute atomic E-state index is 13.6. The van der Waals surface area contributed by atoms with E-state index in [1.165, 1.54) is 7.11 Å². The number of para-hydroxylation sites is 1. The van der Waals surface area contributed by atoms with E-state index in [0.717, 1.165) is 22.0 Å². The SMILES string of the molecule is CCCCn1c(O)c([C@@H]2c3cccc(OC)c3Oc3[nH]c(=O)n(CCCC)c(=O)c32)c(=O)[nH]c1=O. The summed E-state index contributed by atoms with van der Waals surface area (Å²) < 4.78 is 13.5. The Labute approximate surface area is 199 Å². The van der Waals surface area contributed by atoms with E-state index >= 15 is 0 Å². The summed E-state index contributed by atoms with van der Waals surface area (Å²) in [5.74, 6) is -1.30. The molecule has 0 radical (unpaired) electrons. The largest absolute Gasteiger partial charge is 0.494 e. The number of aromatic nitrogens is 4. The monoisotopic (exact) mass is 484 g/mol. The van der Waals surface area contributed by atoms with Crippen LogP contribution in [-0.4, -0.2) is 31.3 Å². The van der Waals surface area contributed by atoms with E-state index in [1.54, 1.807) is 18.2 Å². The highest BCUT2D eigenvalue weighted by molar-refractivity contribution is 5.61. The van der Waals surface area contributed by atoms with E-state index in [1.807, 2.05) is 13.8 Å². The van der Waals surface area contributed by atoms with Gasteiger partial charge in [-0.25, -0.2) is 9.59 Å². The van der Waals surface area contributed by atoms with Crippen LogP contribution >= 0.6 is 0 Å². The number of nitrogens with zero attached hydrogens (tertiary/aromatic N) is 2. The first-order chi connectivity index (χ1) is 16.8. The molecule has 0 amide bonds. The smallest absolute Gasteiger partial charge is 0.331 e. The summed E-state index contributed by atoms with van der Waals surface area (Å²) in [6.07, 6.45) is 2.69. The molecule has 11 heteroatoms. The van der Waals surface area contributed by atoms with Gasteiger partial charge >= 0.3 is 11.4 Å². The first-order valence-corrected chi connectivity index (χ1v) is 11.6. The Kier molecular flexibility index (Phi) is 6.68. The maximum atomic E-state index is 13.6. The first-order valence-electron chi connectivity index (χ1n) is 11.6. The topological polar surface area (TPSA) is 148 Å². The molecular formula is C24H28N4O7. The van der Waals surface area contributed by atoms with Gasteiger partial charge in [0.05, 0.1) is 24.2 Å². The van der Waals surface area contributed by atoms with E-state index < -0.39 is 34.3 Å². The van der Waals surface area contributed by atoms with Crippen molar-refractivity contribution in [1.82, 2.24) is 19.1 Å². The van der Waals surface area contributed by atoms with Crippen LogP contribution in [0.15, 0.2) is 37.4 Å². The third kappa shape index (κ3) is 4.07. The van der Waals surface area contributed by atoms with E-state index in [9.17, 15) is 24.3 Å². The maximum Gasteiger partial charge on any atom is 0.331 e. The molecule has 0 saturated heterocycles. The summed E-state index contributed by atoms with van der Waals surface area (Å²) in [5.41, 5.74) is -2.69. The number of H-pyrrole nitrogens is 2. The van der Waals surface area contributed by atoms with Crippen LogP contribution < -0.4 is 32.0 Å². The van der Waals surface area contributed by atoms with Gasteiger partial charge in [0.1, 0.15) is 0 Å². The Morgan fingerprint density at radius 1 is 0.971 bits per heavy atom. The minimum absolute atomic E-state index is 0.0112. The lowest BCUT2D eigenvalue weighted by Crippen LogP contribution is -2.41. The lowest BCUT2D eigenvalue weighted by Gasteiger charge is -2.29. The van der Waals surface area contributed by atoms with Crippen LogP contribution in [0, 0.1) is 0 Å². The summed E-state index contributed by atoms with van der Waals surface area (Å²) >= 11 is 0. The molecule has 3 N–H and O–H groups in total. The van der Waals surface area contributed by atoms with Crippen LogP contribution in [0.2, 0.25) is 0 Å². The van der Waals surface area contributed by atoms with Crippen molar-refractivity contribution in [3.63, 3.8) is 0 Å². The van der Waals surface area contributed by atoms with Crippen molar-refractivity contribution in [3.8, 4) is 23.3 Å². The number of hydrogen-bond acceptors (Lipinski definition) is 7. The summed E-state index contributed by atoms with van der Waals surface area (Å²) in [7, 11) is 1.43. The van der Waals surface area contributed by atoms with Crippen molar-refractivity contribution < 1.29 is 14.6 Å². The molecule has 0 spiro atoms. The normalized spacial score (nSPS) is 14.2. The molecule has 4 rings (SSSR count). The number of nitrogens with one attached hydrogen (secondary N) is 2. The first kappa shape index (κ1) is 24.1. The van der Waals surface area contributed by atoms with Gasteiger partial charge in [0, 0.05) is 18.7 Å². The second-order valence-electron chi connectivity index (χ2n) is 8.40. The lowest BCUT2D eigenvalue weighted by atomic mass is 9.84. The molecule has 1 aliphatic rings. The van der Waals surface area contributed by atoms with Gasteiger partial charge in [-0.05, 0) is 18.9 Å². The fourth-order valence-electron chi connectivity index (χ4n) is 4.37. The molecular weight excluding hydrogens is 456 g/mol. The molecule has 1 atom stereocenters. The van der Waals surface area contributed by atoms with Gasteiger partial charge in [-0.3, -0.25) is 28.7 Å². The van der Waals surface area contributed by atoms with Crippen LogP contribution in [0.25, 0.3) is 0 Å². The molecule has 11 nitrogen and oxygen atoms in total.